The molecule has 0 saturated carbocycles. The number of aliphatic hydroxyl groups excluding tert-OH is 1. The molecule has 78 valence electrons. The average Bonchev–Trinajstić information content (AvgIpc) is 2.04. The maximum Gasteiger partial charge on any atom is 0.210 e. The number of rotatable bonds is 3. The Balaban J connectivity index is 2.67. The normalized spacial score (nSPS) is 29.8. The van der Waals surface area contributed by atoms with Crippen LogP contribution in [0, 0.1) is 0 Å². The predicted molar refractivity (Wildman–Crippen MR) is 53.2 cm³/mol. The van der Waals surface area contributed by atoms with Crippen LogP contribution in [-0.4, -0.2) is 50.5 Å². The van der Waals surface area contributed by atoms with E-state index in [1.807, 2.05) is 0 Å². The molecule has 1 heterocycles. The van der Waals surface area contributed by atoms with E-state index in [0.717, 1.165) is 0 Å². The van der Waals surface area contributed by atoms with E-state index in [9.17, 15) is 8.76 Å². The molecule has 5 nitrogen and oxygen atoms in total. The molecule has 1 rings (SSSR count). The van der Waals surface area contributed by atoms with Gasteiger partial charge in [-0.15, -0.1) is 0 Å². The minimum atomic E-state index is -3.28. The highest BCUT2D eigenvalue weighted by atomic mass is 32.8. The molecular formula is C6H14N2O3S2. The van der Waals surface area contributed by atoms with Crippen molar-refractivity contribution in [3.63, 3.8) is 0 Å². The Kier molecular flexibility index (Phi) is 4.02. The van der Waals surface area contributed by atoms with Gasteiger partial charge in [0, 0.05) is 43.5 Å². The van der Waals surface area contributed by atoms with E-state index in [2.05, 4.69) is 16.5 Å². The summed E-state index contributed by atoms with van der Waals surface area (Å²) < 4.78 is 21.8. The third kappa shape index (κ3) is 3.12. The van der Waals surface area contributed by atoms with Crippen LogP contribution < -0.4 is 5.32 Å². The quantitative estimate of drug-likeness (QED) is 0.562. The Bertz CT molecular complexity index is 253. The molecule has 3 N–H and O–H groups in total. The fourth-order valence-corrected chi connectivity index (χ4v) is 2.91. The van der Waals surface area contributed by atoms with Crippen LogP contribution in [0.3, 0.4) is 0 Å². The average molecular weight is 226 g/mol. The zero-order valence-electron chi connectivity index (χ0n) is 7.18. The minimum Gasteiger partial charge on any atom is -0.396 e. The number of nitrogens with one attached hydrogen (secondary N) is 1. The van der Waals surface area contributed by atoms with Crippen LogP contribution in [0.2, 0.25) is 0 Å². The van der Waals surface area contributed by atoms with Crippen molar-refractivity contribution in [1.29, 1.82) is 0 Å². The summed E-state index contributed by atoms with van der Waals surface area (Å²) in [6, 6.07) is -0.131. The van der Waals surface area contributed by atoms with E-state index in [-0.39, 0.29) is 12.6 Å². The Morgan fingerprint density at radius 1 is 1.69 bits per heavy atom. The summed E-state index contributed by atoms with van der Waals surface area (Å²) in [4.78, 5) is 0. The molecule has 0 bridgehead atoms. The van der Waals surface area contributed by atoms with Gasteiger partial charge in [0.05, 0.1) is 0 Å². The zero-order valence-corrected chi connectivity index (χ0v) is 8.81. The van der Waals surface area contributed by atoms with Crippen molar-refractivity contribution >= 4 is 20.1 Å². The van der Waals surface area contributed by atoms with Gasteiger partial charge in [0.1, 0.15) is 0 Å². The molecule has 13 heavy (non-hydrogen) atoms. The van der Waals surface area contributed by atoms with Crippen LogP contribution in [0.1, 0.15) is 6.42 Å². The third-order valence-corrected chi connectivity index (χ3v) is 3.70. The first-order valence-corrected chi connectivity index (χ1v) is 6.51. The lowest BCUT2D eigenvalue weighted by atomic mass is 10.2. The second-order valence-corrected chi connectivity index (χ2v) is 5.63. The molecule has 0 aliphatic carbocycles. The van der Waals surface area contributed by atoms with Crippen LogP contribution in [-0.2, 0) is 20.1 Å². The van der Waals surface area contributed by atoms with Gasteiger partial charge >= 0.3 is 0 Å². The van der Waals surface area contributed by atoms with Crippen LogP contribution in [0.15, 0.2) is 0 Å². The highest BCUT2D eigenvalue weighted by Crippen LogP contribution is 2.11. The Labute approximate surface area is 82.8 Å². The molecule has 1 saturated heterocycles. The molecule has 0 aromatic carbocycles. The summed E-state index contributed by atoms with van der Waals surface area (Å²) in [6.45, 7) is 1.74. The van der Waals surface area contributed by atoms with Crippen molar-refractivity contribution in [3.8, 4) is 0 Å². The fourth-order valence-electron chi connectivity index (χ4n) is 1.44. The Hall–Kier alpha value is 0.210. The van der Waals surface area contributed by atoms with Crippen molar-refractivity contribution < 1.29 is 13.9 Å². The van der Waals surface area contributed by atoms with Crippen molar-refractivity contribution in [2.45, 2.75) is 12.5 Å². The maximum absolute atomic E-state index is 11.2. The second-order valence-electron chi connectivity index (χ2n) is 2.96. The first-order valence-electron chi connectivity index (χ1n) is 4.11. The smallest absolute Gasteiger partial charge is 0.210 e. The van der Waals surface area contributed by atoms with Gasteiger partial charge in [-0.05, 0) is 6.42 Å². The number of hydrogen-bond donors (Lipinski definition) is 3. The lowest BCUT2D eigenvalue weighted by molar-refractivity contribution is 0.199. The Morgan fingerprint density at radius 2 is 2.38 bits per heavy atom. The van der Waals surface area contributed by atoms with Gasteiger partial charge in [-0.1, -0.05) is 0 Å². The van der Waals surface area contributed by atoms with Crippen LogP contribution in [0.5, 0.6) is 0 Å². The molecule has 0 radical (unpaired) electrons. The molecule has 2 atom stereocenters. The lowest BCUT2D eigenvalue weighted by Crippen LogP contribution is -2.53. The number of aliphatic hydroxyl groups is 1. The number of piperazine rings is 1. The van der Waals surface area contributed by atoms with Crippen LogP contribution in [0.4, 0.5) is 0 Å². The predicted octanol–water partition coefficient (Wildman–Crippen LogP) is -1.22. The largest absolute Gasteiger partial charge is 0.396 e. The molecule has 7 heteroatoms. The van der Waals surface area contributed by atoms with E-state index >= 15 is 0 Å². The van der Waals surface area contributed by atoms with Crippen LogP contribution in [0.25, 0.3) is 0 Å². The summed E-state index contributed by atoms with van der Waals surface area (Å²) in [7, 11) is -3.28. The van der Waals surface area contributed by atoms with Gasteiger partial charge < -0.3 is 10.4 Å². The summed E-state index contributed by atoms with van der Waals surface area (Å²) in [6.07, 6.45) is 0.473. The summed E-state index contributed by atoms with van der Waals surface area (Å²) in [5, 5.41) is 11.8. The van der Waals surface area contributed by atoms with Gasteiger partial charge in [-0.3, -0.25) is 4.55 Å². The van der Waals surface area contributed by atoms with E-state index in [1.54, 1.807) is 0 Å². The fraction of sp³-hybridized carbons (Fsp3) is 1.00. The molecule has 0 spiro atoms. The van der Waals surface area contributed by atoms with Crippen LogP contribution >= 0.6 is 0 Å². The molecule has 1 aliphatic rings. The summed E-state index contributed by atoms with van der Waals surface area (Å²) in [5.41, 5.74) is 0. The highest BCUT2D eigenvalue weighted by Gasteiger charge is 2.27. The zero-order chi connectivity index (χ0) is 9.90. The molecule has 0 aromatic heterocycles. The second kappa shape index (κ2) is 4.63. The molecule has 1 aliphatic heterocycles. The SMILES string of the molecule is O=S(O)(=S)N1CCNCC1CCO. The Morgan fingerprint density at radius 3 is 2.92 bits per heavy atom. The number of hydrogen-bond acceptors (Lipinski definition) is 4. The van der Waals surface area contributed by atoms with Gasteiger partial charge in [-0.25, -0.2) is 4.21 Å². The van der Waals surface area contributed by atoms with Crippen molar-refractivity contribution in [2.75, 3.05) is 26.2 Å². The molecule has 1 fully saturated rings. The third-order valence-electron chi connectivity index (χ3n) is 2.05. The van der Waals surface area contributed by atoms with E-state index < -0.39 is 8.96 Å². The highest BCUT2D eigenvalue weighted by molar-refractivity contribution is 8.28. The van der Waals surface area contributed by atoms with E-state index in [4.69, 9.17) is 5.11 Å². The first kappa shape index (κ1) is 11.3. The minimum absolute atomic E-state index is 0.00764. The van der Waals surface area contributed by atoms with Gasteiger partial charge in [-0.2, -0.15) is 4.31 Å². The molecular weight excluding hydrogens is 212 g/mol. The molecule has 0 amide bonds. The summed E-state index contributed by atoms with van der Waals surface area (Å²) >= 11 is 4.50. The van der Waals surface area contributed by atoms with E-state index in [1.165, 1.54) is 4.31 Å². The van der Waals surface area contributed by atoms with Gasteiger partial charge in [0.15, 0.2) is 0 Å². The van der Waals surface area contributed by atoms with Gasteiger partial charge in [0.2, 0.25) is 8.96 Å². The first-order chi connectivity index (χ1) is 6.05. The summed E-state index contributed by atoms with van der Waals surface area (Å²) in [5.74, 6) is 0. The standard InChI is InChI=1S/C6H14N2O3S2/c9-4-1-6-5-7-2-3-8(6)13(10,11)12/h6-7,9H,1-5H2,(H,10,11,12). The van der Waals surface area contributed by atoms with Crippen molar-refractivity contribution in [3.05, 3.63) is 0 Å². The topological polar surface area (TPSA) is 72.8 Å². The van der Waals surface area contributed by atoms with Gasteiger partial charge in [0.25, 0.3) is 0 Å². The van der Waals surface area contributed by atoms with Crippen molar-refractivity contribution in [1.82, 2.24) is 9.62 Å². The monoisotopic (exact) mass is 226 g/mol. The molecule has 0 aromatic rings. The lowest BCUT2D eigenvalue weighted by Gasteiger charge is -2.34. The van der Waals surface area contributed by atoms with Crippen molar-refractivity contribution in [2.24, 2.45) is 0 Å². The van der Waals surface area contributed by atoms with E-state index in [0.29, 0.717) is 26.1 Å². The number of nitrogens with zero attached hydrogens (tertiary/aromatic N) is 1. The molecule has 2 unspecified atom stereocenters. The maximum atomic E-state index is 11.2.